The van der Waals surface area contributed by atoms with Gasteiger partial charge in [-0.3, -0.25) is 0 Å². The number of ether oxygens (including phenoxy) is 4. The molecule has 0 unspecified atom stereocenters. The Morgan fingerprint density at radius 1 is 1.00 bits per heavy atom. The largest absolute Gasteiger partial charge is 0.508 e. The van der Waals surface area contributed by atoms with Crippen LogP contribution in [0.3, 0.4) is 0 Å². The smallest absolute Gasteiger partial charge is 0.438 e. The molecule has 1 rings (SSSR count). The highest BCUT2D eigenvalue weighted by molar-refractivity contribution is 5.61. The molecule has 2 atom stereocenters. The SMILES string of the molecule is COC(=O)O[C@@H]1C=C[C@H](OC(=O)OC)C1. The highest BCUT2D eigenvalue weighted by atomic mass is 16.7. The van der Waals surface area contributed by atoms with Gasteiger partial charge in [0.2, 0.25) is 0 Å². The minimum atomic E-state index is -0.761. The minimum Gasteiger partial charge on any atom is -0.438 e. The summed E-state index contributed by atoms with van der Waals surface area (Å²) in [6.07, 6.45) is 1.27. The lowest BCUT2D eigenvalue weighted by molar-refractivity contribution is 0.0260. The fourth-order valence-electron chi connectivity index (χ4n) is 1.15. The second kappa shape index (κ2) is 5.23. The summed E-state index contributed by atoms with van der Waals surface area (Å²) < 4.78 is 18.3. The third kappa shape index (κ3) is 3.49. The van der Waals surface area contributed by atoms with Crippen molar-refractivity contribution in [3.05, 3.63) is 12.2 Å². The van der Waals surface area contributed by atoms with Crippen molar-refractivity contribution in [1.29, 1.82) is 0 Å². The highest BCUT2D eigenvalue weighted by Crippen LogP contribution is 2.18. The molecule has 0 bridgehead atoms. The van der Waals surface area contributed by atoms with Crippen LogP contribution in [0.4, 0.5) is 9.59 Å². The van der Waals surface area contributed by atoms with Gasteiger partial charge >= 0.3 is 12.3 Å². The van der Waals surface area contributed by atoms with E-state index in [2.05, 4.69) is 9.47 Å². The van der Waals surface area contributed by atoms with E-state index in [1.165, 1.54) is 14.2 Å². The fourth-order valence-corrected chi connectivity index (χ4v) is 1.15. The fraction of sp³-hybridized carbons (Fsp3) is 0.556. The van der Waals surface area contributed by atoms with Gasteiger partial charge in [0.15, 0.2) is 0 Å². The Morgan fingerprint density at radius 3 is 1.73 bits per heavy atom. The molecule has 6 heteroatoms. The van der Waals surface area contributed by atoms with Gasteiger partial charge in [0.1, 0.15) is 12.2 Å². The Bertz CT molecular complexity index is 246. The summed E-state index contributed by atoms with van der Waals surface area (Å²) in [5, 5.41) is 0. The molecule has 0 saturated carbocycles. The molecular formula is C9H12O6. The van der Waals surface area contributed by atoms with Crippen molar-refractivity contribution in [2.45, 2.75) is 18.6 Å². The lowest BCUT2D eigenvalue weighted by Gasteiger charge is -2.12. The van der Waals surface area contributed by atoms with E-state index in [1.807, 2.05) is 0 Å². The summed E-state index contributed by atoms with van der Waals surface area (Å²) in [5.41, 5.74) is 0. The second-order valence-electron chi connectivity index (χ2n) is 2.84. The summed E-state index contributed by atoms with van der Waals surface area (Å²) >= 11 is 0. The van der Waals surface area contributed by atoms with Crippen LogP contribution < -0.4 is 0 Å². The summed E-state index contributed by atoms with van der Waals surface area (Å²) in [6, 6.07) is 0. The van der Waals surface area contributed by atoms with Crippen molar-refractivity contribution in [1.82, 2.24) is 0 Å². The molecule has 0 aromatic rings. The van der Waals surface area contributed by atoms with Crippen molar-refractivity contribution in [2.24, 2.45) is 0 Å². The summed E-state index contributed by atoms with van der Waals surface area (Å²) in [7, 11) is 2.45. The highest BCUT2D eigenvalue weighted by Gasteiger charge is 2.25. The van der Waals surface area contributed by atoms with Gasteiger partial charge in [-0.15, -0.1) is 0 Å². The molecule has 84 valence electrons. The Morgan fingerprint density at radius 2 is 1.40 bits per heavy atom. The number of hydrogen-bond donors (Lipinski definition) is 0. The maximum Gasteiger partial charge on any atom is 0.508 e. The maximum atomic E-state index is 10.7. The van der Waals surface area contributed by atoms with Crippen LogP contribution in [0.2, 0.25) is 0 Å². The molecular weight excluding hydrogens is 204 g/mol. The van der Waals surface area contributed by atoms with Gasteiger partial charge in [-0.25, -0.2) is 9.59 Å². The molecule has 1 aliphatic rings. The molecule has 0 aromatic carbocycles. The number of rotatable bonds is 2. The summed E-state index contributed by atoms with van der Waals surface area (Å²) in [4.78, 5) is 21.5. The van der Waals surface area contributed by atoms with Crippen LogP contribution in [0.15, 0.2) is 12.2 Å². The van der Waals surface area contributed by atoms with Crippen LogP contribution in [-0.4, -0.2) is 38.7 Å². The monoisotopic (exact) mass is 216 g/mol. The predicted octanol–water partition coefficient (Wildman–Crippen LogP) is 1.25. The Hall–Kier alpha value is -1.72. The lowest BCUT2D eigenvalue weighted by atomic mass is 10.3. The van der Waals surface area contributed by atoms with Gasteiger partial charge < -0.3 is 18.9 Å². The normalized spacial score (nSPS) is 23.3. The van der Waals surface area contributed by atoms with E-state index in [9.17, 15) is 9.59 Å². The second-order valence-corrected chi connectivity index (χ2v) is 2.84. The average molecular weight is 216 g/mol. The van der Waals surface area contributed by atoms with E-state index in [0.29, 0.717) is 6.42 Å². The quantitative estimate of drug-likeness (QED) is 0.511. The number of carbonyl (C=O) groups excluding carboxylic acids is 2. The van der Waals surface area contributed by atoms with E-state index in [1.54, 1.807) is 12.2 Å². The molecule has 0 fully saturated rings. The van der Waals surface area contributed by atoms with E-state index in [-0.39, 0.29) is 0 Å². The molecule has 0 aromatic heterocycles. The number of hydrogen-bond acceptors (Lipinski definition) is 6. The zero-order valence-electron chi connectivity index (χ0n) is 8.47. The van der Waals surface area contributed by atoms with E-state index >= 15 is 0 Å². The van der Waals surface area contributed by atoms with E-state index in [4.69, 9.17) is 9.47 Å². The lowest BCUT2D eigenvalue weighted by Crippen LogP contribution is -2.20. The summed E-state index contributed by atoms with van der Waals surface area (Å²) in [6.45, 7) is 0. The molecule has 1 aliphatic carbocycles. The molecule has 0 N–H and O–H groups in total. The van der Waals surface area contributed by atoms with Crippen LogP contribution in [0, 0.1) is 0 Å². The van der Waals surface area contributed by atoms with Gasteiger partial charge in [-0.1, -0.05) is 0 Å². The van der Waals surface area contributed by atoms with Gasteiger partial charge in [0.05, 0.1) is 14.2 Å². The van der Waals surface area contributed by atoms with Crippen molar-refractivity contribution in [3.63, 3.8) is 0 Å². The molecule has 6 nitrogen and oxygen atoms in total. The first kappa shape index (κ1) is 11.4. The summed E-state index contributed by atoms with van der Waals surface area (Å²) in [5.74, 6) is 0. The molecule has 0 saturated heterocycles. The van der Waals surface area contributed by atoms with Crippen LogP contribution in [0.25, 0.3) is 0 Å². The van der Waals surface area contributed by atoms with Gasteiger partial charge in [0.25, 0.3) is 0 Å². The van der Waals surface area contributed by atoms with Crippen molar-refractivity contribution in [3.8, 4) is 0 Å². The van der Waals surface area contributed by atoms with Gasteiger partial charge in [-0.2, -0.15) is 0 Å². The van der Waals surface area contributed by atoms with Crippen molar-refractivity contribution in [2.75, 3.05) is 14.2 Å². The van der Waals surface area contributed by atoms with Crippen LogP contribution in [0.5, 0.6) is 0 Å². The topological polar surface area (TPSA) is 71.1 Å². The Labute approximate surface area is 86.7 Å². The standard InChI is InChI=1S/C9H12O6/c1-12-8(10)14-6-3-4-7(5-6)15-9(11)13-2/h3-4,6-7H,5H2,1-2H3/t6-,7+. The zero-order chi connectivity index (χ0) is 11.3. The number of methoxy groups -OCH3 is 2. The zero-order valence-corrected chi connectivity index (χ0v) is 8.47. The molecule has 0 aliphatic heterocycles. The van der Waals surface area contributed by atoms with Crippen molar-refractivity contribution >= 4 is 12.3 Å². The molecule has 0 heterocycles. The first-order chi connectivity index (χ1) is 7.15. The third-order valence-electron chi connectivity index (χ3n) is 1.83. The first-order valence-electron chi connectivity index (χ1n) is 4.33. The first-order valence-corrected chi connectivity index (χ1v) is 4.33. The van der Waals surface area contributed by atoms with E-state index < -0.39 is 24.5 Å². The van der Waals surface area contributed by atoms with E-state index in [0.717, 1.165) is 0 Å². The molecule has 0 spiro atoms. The predicted molar refractivity (Wildman–Crippen MR) is 48.3 cm³/mol. The Kier molecular flexibility index (Phi) is 3.96. The van der Waals surface area contributed by atoms with Crippen molar-refractivity contribution < 1.29 is 28.5 Å². The molecule has 15 heavy (non-hydrogen) atoms. The number of carbonyl (C=O) groups is 2. The molecule has 0 radical (unpaired) electrons. The van der Waals surface area contributed by atoms with Gasteiger partial charge in [-0.05, 0) is 12.2 Å². The Balaban J connectivity index is 2.31. The van der Waals surface area contributed by atoms with Gasteiger partial charge in [0, 0.05) is 6.42 Å². The van der Waals surface area contributed by atoms with Crippen LogP contribution in [-0.2, 0) is 18.9 Å². The molecule has 0 amide bonds. The maximum absolute atomic E-state index is 10.7. The van der Waals surface area contributed by atoms with Crippen LogP contribution in [0.1, 0.15) is 6.42 Å². The van der Waals surface area contributed by atoms with Crippen LogP contribution >= 0.6 is 0 Å². The minimum absolute atomic E-state index is 0.379. The third-order valence-corrected chi connectivity index (χ3v) is 1.83. The average Bonchev–Trinajstić information content (AvgIpc) is 2.65.